The van der Waals surface area contributed by atoms with E-state index >= 15 is 0 Å². The predicted octanol–water partition coefficient (Wildman–Crippen LogP) is 3.18. The minimum absolute atomic E-state index is 0.130. The van der Waals surface area contributed by atoms with E-state index in [-0.39, 0.29) is 5.91 Å². The first-order chi connectivity index (χ1) is 11.3. The van der Waals surface area contributed by atoms with Gasteiger partial charge in [-0.15, -0.1) is 0 Å². The van der Waals surface area contributed by atoms with Crippen LogP contribution in [0.2, 0.25) is 0 Å². The molecule has 0 aliphatic carbocycles. The number of ether oxygens (including phenoxy) is 1. The van der Waals surface area contributed by atoms with Crippen molar-refractivity contribution in [3.8, 4) is 0 Å². The van der Waals surface area contributed by atoms with E-state index in [1.807, 2.05) is 60.7 Å². The number of hydrogen-bond acceptors (Lipinski definition) is 3. The van der Waals surface area contributed by atoms with E-state index < -0.39 is 0 Å². The fourth-order valence-corrected chi connectivity index (χ4v) is 2.57. The smallest absolute Gasteiger partial charge is 0.248 e. The molecule has 1 heterocycles. The molecule has 0 spiro atoms. The molecular weight excluding hydrogens is 288 g/mol. The van der Waals surface area contributed by atoms with Gasteiger partial charge in [0.15, 0.2) is 0 Å². The molecule has 1 N–H and O–H groups in total. The molecule has 0 bridgehead atoms. The zero-order valence-electron chi connectivity index (χ0n) is 12.9. The third-order valence-corrected chi connectivity index (χ3v) is 3.74. The SMILES string of the molecule is O=C(C=Cc1ccccc1)Nc1ccccc1N1CCOCC1. The molecule has 4 heteroatoms. The zero-order valence-corrected chi connectivity index (χ0v) is 12.9. The van der Waals surface area contributed by atoms with Crippen LogP contribution in [0.1, 0.15) is 5.56 Å². The van der Waals surface area contributed by atoms with Crippen molar-refractivity contribution >= 4 is 23.4 Å². The molecule has 0 unspecified atom stereocenters. The molecular formula is C19H20N2O2. The second-order valence-electron chi connectivity index (χ2n) is 5.35. The van der Waals surface area contributed by atoms with Gasteiger partial charge in [-0.25, -0.2) is 0 Å². The van der Waals surface area contributed by atoms with Gasteiger partial charge in [-0.2, -0.15) is 0 Å². The van der Waals surface area contributed by atoms with Gasteiger partial charge in [0.25, 0.3) is 0 Å². The summed E-state index contributed by atoms with van der Waals surface area (Å²) in [6.45, 7) is 3.12. The van der Waals surface area contributed by atoms with Crippen molar-refractivity contribution in [3.63, 3.8) is 0 Å². The molecule has 118 valence electrons. The van der Waals surface area contributed by atoms with Crippen LogP contribution in [0.25, 0.3) is 6.08 Å². The first-order valence-electron chi connectivity index (χ1n) is 7.79. The van der Waals surface area contributed by atoms with Crippen molar-refractivity contribution in [2.75, 3.05) is 36.5 Å². The zero-order chi connectivity index (χ0) is 15.9. The predicted molar refractivity (Wildman–Crippen MR) is 93.6 cm³/mol. The Kier molecular flexibility index (Phi) is 5.06. The molecule has 1 saturated heterocycles. The Bertz CT molecular complexity index is 677. The number of nitrogens with one attached hydrogen (secondary N) is 1. The molecule has 1 aliphatic heterocycles. The summed E-state index contributed by atoms with van der Waals surface area (Å²) in [6, 6.07) is 17.7. The van der Waals surface area contributed by atoms with Crippen LogP contribution < -0.4 is 10.2 Å². The molecule has 23 heavy (non-hydrogen) atoms. The summed E-state index contributed by atoms with van der Waals surface area (Å²) < 4.78 is 5.39. The van der Waals surface area contributed by atoms with Crippen LogP contribution in [0.5, 0.6) is 0 Å². The Morgan fingerprint density at radius 3 is 2.48 bits per heavy atom. The van der Waals surface area contributed by atoms with Crippen molar-refractivity contribution in [3.05, 3.63) is 66.2 Å². The number of amides is 1. The number of carbonyl (C=O) groups is 1. The molecule has 0 atom stereocenters. The van der Waals surface area contributed by atoms with Crippen molar-refractivity contribution < 1.29 is 9.53 Å². The first kappa shape index (κ1) is 15.3. The standard InChI is InChI=1S/C19H20N2O2/c22-19(11-10-16-6-2-1-3-7-16)20-17-8-4-5-9-18(17)21-12-14-23-15-13-21/h1-11H,12-15H2,(H,20,22). The Morgan fingerprint density at radius 2 is 1.70 bits per heavy atom. The minimum atomic E-state index is -0.130. The van der Waals surface area contributed by atoms with Gasteiger partial charge in [-0.3, -0.25) is 4.79 Å². The Balaban J connectivity index is 1.70. The molecule has 0 aromatic heterocycles. The molecule has 2 aromatic rings. The summed E-state index contributed by atoms with van der Waals surface area (Å²) in [4.78, 5) is 14.4. The Hall–Kier alpha value is -2.59. The van der Waals surface area contributed by atoms with Crippen LogP contribution in [0.15, 0.2) is 60.7 Å². The van der Waals surface area contributed by atoms with Crippen LogP contribution >= 0.6 is 0 Å². The van der Waals surface area contributed by atoms with Gasteiger partial charge in [0.1, 0.15) is 0 Å². The number of benzene rings is 2. The fourth-order valence-electron chi connectivity index (χ4n) is 2.57. The van der Waals surface area contributed by atoms with Gasteiger partial charge in [0.05, 0.1) is 24.6 Å². The summed E-state index contributed by atoms with van der Waals surface area (Å²) in [5.74, 6) is -0.130. The lowest BCUT2D eigenvalue weighted by molar-refractivity contribution is -0.111. The normalized spacial score (nSPS) is 14.9. The summed E-state index contributed by atoms with van der Waals surface area (Å²) >= 11 is 0. The first-order valence-corrected chi connectivity index (χ1v) is 7.79. The molecule has 2 aromatic carbocycles. The largest absolute Gasteiger partial charge is 0.378 e. The number of para-hydroxylation sites is 2. The van der Waals surface area contributed by atoms with Crippen molar-refractivity contribution in [1.82, 2.24) is 0 Å². The van der Waals surface area contributed by atoms with Crippen molar-refractivity contribution in [2.45, 2.75) is 0 Å². The highest BCUT2D eigenvalue weighted by molar-refractivity contribution is 6.03. The van der Waals surface area contributed by atoms with Crippen molar-refractivity contribution in [2.24, 2.45) is 0 Å². The van der Waals surface area contributed by atoms with Gasteiger partial charge < -0.3 is 15.0 Å². The lowest BCUT2D eigenvalue weighted by Gasteiger charge is -2.30. The van der Waals surface area contributed by atoms with E-state index in [1.165, 1.54) is 0 Å². The lowest BCUT2D eigenvalue weighted by Crippen LogP contribution is -2.36. The van der Waals surface area contributed by atoms with E-state index in [2.05, 4.69) is 10.2 Å². The molecule has 4 nitrogen and oxygen atoms in total. The van der Waals surface area contributed by atoms with Gasteiger partial charge in [-0.1, -0.05) is 42.5 Å². The average Bonchev–Trinajstić information content (AvgIpc) is 2.62. The number of morpholine rings is 1. The number of anilines is 2. The minimum Gasteiger partial charge on any atom is -0.378 e. The van der Waals surface area contributed by atoms with E-state index in [9.17, 15) is 4.79 Å². The maximum Gasteiger partial charge on any atom is 0.248 e. The summed E-state index contributed by atoms with van der Waals surface area (Å²) in [5.41, 5.74) is 2.87. The van der Waals surface area contributed by atoms with Crippen molar-refractivity contribution in [1.29, 1.82) is 0 Å². The van der Waals surface area contributed by atoms with E-state index in [0.29, 0.717) is 0 Å². The van der Waals surface area contributed by atoms with Gasteiger partial charge >= 0.3 is 0 Å². The number of carbonyl (C=O) groups excluding carboxylic acids is 1. The van der Waals surface area contributed by atoms with Crippen LogP contribution in [0.3, 0.4) is 0 Å². The van der Waals surface area contributed by atoms with Gasteiger partial charge in [0, 0.05) is 19.2 Å². The molecule has 3 rings (SSSR count). The monoisotopic (exact) mass is 308 g/mol. The summed E-state index contributed by atoms with van der Waals surface area (Å²) in [5, 5.41) is 2.97. The maximum atomic E-state index is 12.2. The van der Waals surface area contributed by atoms with E-state index in [4.69, 9.17) is 4.74 Å². The molecule has 0 saturated carbocycles. The lowest BCUT2D eigenvalue weighted by atomic mass is 10.2. The highest BCUT2D eigenvalue weighted by atomic mass is 16.5. The third-order valence-electron chi connectivity index (χ3n) is 3.74. The Morgan fingerprint density at radius 1 is 1.00 bits per heavy atom. The third kappa shape index (κ3) is 4.20. The summed E-state index contributed by atoms with van der Waals surface area (Å²) in [6.07, 6.45) is 3.37. The van der Waals surface area contributed by atoms with Crippen LogP contribution in [-0.4, -0.2) is 32.2 Å². The fraction of sp³-hybridized carbons (Fsp3) is 0.211. The van der Waals surface area contributed by atoms with E-state index in [1.54, 1.807) is 6.08 Å². The molecule has 0 radical (unpaired) electrons. The molecule has 1 aliphatic rings. The highest BCUT2D eigenvalue weighted by Crippen LogP contribution is 2.26. The quantitative estimate of drug-likeness (QED) is 0.882. The second-order valence-corrected chi connectivity index (χ2v) is 5.35. The molecule has 1 fully saturated rings. The highest BCUT2D eigenvalue weighted by Gasteiger charge is 2.14. The number of rotatable bonds is 4. The van der Waals surface area contributed by atoms with E-state index in [0.717, 1.165) is 43.2 Å². The Labute approximate surface area is 136 Å². The average molecular weight is 308 g/mol. The number of hydrogen-bond donors (Lipinski definition) is 1. The summed E-state index contributed by atoms with van der Waals surface area (Å²) in [7, 11) is 0. The number of nitrogens with zero attached hydrogens (tertiary/aromatic N) is 1. The molecule has 1 amide bonds. The van der Waals surface area contributed by atoms with Gasteiger partial charge in [-0.05, 0) is 23.8 Å². The van der Waals surface area contributed by atoms with Gasteiger partial charge in [0.2, 0.25) is 5.91 Å². The second kappa shape index (κ2) is 7.61. The van der Waals surface area contributed by atoms with Crippen LogP contribution in [0.4, 0.5) is 11.4 Å². The van der Waals surface area contributed by atoms with Crippen LogP contribution in [-0.2, 0) is 9.53 Å². The van der Waals surface area contributed by atoms with Crippen LogP contribution in [0, 0.1) is 0 Å². The topological polar surface area (TPSA) is 41.6 Å². The maximum absolute atomic E-state index is 12.2.